The Labute approximate surface area is 120 Å². The average molecular weight is 294 g/mol. The summed E-state index contributed by atoms with van der Waals surface area (Å²) >= 11 is 0. The van der Waals surface area contributed by atoms with Crippen LogP contribution in [0.5, 0.6) is 0 Å². The van der Waals surface area contributed by atoms with Crippen LogP contribution in [0.2, 0.25) is 0 Å². The van der Waals surface area contributed by atoms with E-state index in [9.17, 15) is 8.42 Å². The molecule has 1 aromatic rings. The molecule has 0 bridgehead atoms. The molecule has 0 unspecified atom stereocenters. The third-order valence-corrected chi connectivity index (χ3v) is 6.34. The molecule has 3 rings (SSSR count). The molecule has 2 N–H and O–H groups in total. The number of hydrogen-bond acceptors (Lipinski definition) is 4. The van der Waals surface area contributed by atoms with Crippen molar-refractivity contribution < 1.29 is 8.42 Å². The van der Waals surface area contributed by atoms with Crippen LogP contribution in [0, 0.1) is 5.92 Å². The van der Waals surface area contributed by atoms with Gasteiger partial charge in [0.25, 0.3) is 0 Å². The van der Waals surface area contributed by atoms with Crippen LogP contribution in [0.1, 0.15) is 26.2 Å². The first-order valence-electron chi connectivity index (χ1n) is 7.32. The Balaban J connectivity index is 1.85. The van der Waals surface area contributed by atoms with Gasteiger partial charge in [0.1, 0.15) is 0 Å². The third-order valence-electron chi connectivity index (χ3n) is 4.37. The van der Waals surface area contributed by atoms with Crippen LogP contribution in [0.25, 0.3) is 0 Å². The molecule has 0 aromatic heterocycles. The van der Waals surface area contributed by atoms with Crippen molar-refractivity contribution in [3.8, 4) is 0 Å². The van der Waals surface area contributed by atoms with Crippen molar-refractivity contribution >= 4 is 15.5 Å². The fraction of sp³-hybridized carbons (Fsp3) is 0.600. The van der Waals surface area contributed by atoms with E-state index in [-0.39, 0.29) is 11.3 Å². The number of anilines is 1. The van der Waals surface area contributed by atoms with Crippen molar-refractivity contribution in [2.45, 2.75) is 36.6 Å². The van der Waals surface area contributed by atoms with E-state index in [1.54, 1.807) is 12.1 Å². The van der Waals surface area contributed by atoms with E-state index >= 15 is 0 Å². The Morgan fingerprint density at radius 1 is 1.30 bits per heavy atom. The highest BCUT2D eigenvalue weighted by atomic mass is 32.2. The number of para-hydroxylation sites is 1. The summed E-state index contributed by atoms with van der Waals surface area (Å²) in [6.07, 6.45) is 3.08. The van der Waals surface area contributed by atoms with E-state index in [2.05, 4.69) is 4.90 Å². The largest absolute Gasteiger partial charge is 0.367 e. The molecule has 2 aliphatic rings. The van der Waals surface area contributed by atoms with Gasteiger partial charge >= 0.3 is 0 Å². The monoisotopic (exact) mass is 294 g/mol. The fourth-order valence-electron chi connectivity index (χ4n) is 3.11. The predicted octanol–water partition coefficient (Wildman–Crippen LogP) is 1.80. The zero-order chi connectivity index (χ0) is 14.4. The zero-order valence-electron chi connectivity index (χ0n) is 11.9. The molecule has 2 fully saturated rings. The summed E-state index contributed by atoms with van der Waals surface area (Å²) in [5.74, 6) is 0.840. The van der Waals surface area contributed by atoms with Crippen LogP contribution in [0.4, 0.5) is 5.69 Å². The lowest BCUT2D eigenvalue weighted by atomic mass is 9.85. The highest BCUT2D eigenvalue weighted by molar-refractivity contribution is 7.91. The molecule has 20 heavy (non-hydrogen) atoms. The highest BCUT2D eigenvalue weighted by Gasteiger charge is 2.50. The number of nitrogens with two attached hydrogens (primary N) is 1. The number of sulfone groups is 1. The topological polar surface area (TPSA) is 63.4 Å². The van der Waals surface area contributed by atoms with Gasteiger partial charge in [-0.2, -0.15) is 0 Å². The lowest BCUT2D eigenvalue weighted by Crippen LogP contribution is -2.69. The van der Waals surface area contributed by atoms with Gasteiger partial charge in [-0.25, -0.2) is 8.42 Å². The highest BCUT2D eigenvalue weighted by Crippen LogP contribution is 2.45. The van der Waals surface area contributed by atoms with Crippen molar-refractivity contribution in [3.05, 3.63) is 24.3 Å². The minimum absolute atomic E-state index is 0.0956. The van der Waals surface area contributed by atoms with E-state index in [4.69, 9.17) is 5.73 Å². The van der Waals surface area contributed by atoms with Gasteiger partial charge in [-0.15, -0.1) is 0 Å². The first kappa shape index (κ1) is 13.9. The minimum Gasteiger partial charge on any atom is -0.367 e. The summed E-state index contributed by atoms with van der Waals surface area (Å²) in [5.41, 5.74) is 7.09. The summed E-state index contributed by atoms with van der Waals surface area (Å²) in [7, 11) is -3.19. The Morgan fingerprint density at radius 2 is 1.95 bits per heavy atom. The summed E-state index contributed by atoms with van der Waals surface area (Å²) in [4.78, 5) is 2.57. The maximum atomic E-state index is 12.3. The van der Waals surface area contributed by atoms with Crippen LogP contribution < -0.4 is 10.6 Å². The summed E-state index contributed by atoms with van der Waals surface area (Å²) in [5, 5.41) is 0. The molecule has 1 aromatic carbocycles. The van der Waals surface area contributed by atoms with E-state index < -0.39 is 9.84 Å². The van der Waals surface area contributed by atoms with Gasteiger partial charge in [0.15, 0.2) is 9.84 Å². The van der Waals surface area contributed by atoms with Crippen LogP contribution >= 0.6 is 0 Å². The van der Waals surface area contributed by atoms with Gasteiger partial charge in [-0.3, -0.25) is 0 Å². The second-order valence-corrected chi connectivity index (χ2v) is 8.23. The van der Waals surface area contributed by atoms with Gasteiger partial charge in [0, 0.05) is 13.1 Å². The summed E-state index contributed by atoms with van der Waals surface area (Å²) < 4.78 is 24.7. The predicted molar refractivity (Wildman–Crippen MR) is 80.6 cm³/mol. The van der Waals surface area contributed by atoms with Gasteiger partial charge in [0.05, 0.1) is 21.9 Å². The van der Waals surface area contributed by atoms with Crippen molar-refractivity contribution in [1.82, 2.24) is 0 Å². The minimum atomic E-state index is -3.19. The number of rotatable bonds is 5. The molecular weight excluding hydrogens is 272 g/mol. The lowest BCUT2D eigenvalue weighted by molar-refractivity contribution is 0.290. The van der Waals surface area contributed by atoms with Crippen LogP contribution in [0.15, 0.2) is 29.2 Å². The maximum Gasteiger partial charge on any atom is 0.180 e. The first-order chi connectivity index (χ1) is 9.46. The third kappa shape index (κ3) is 2.33. The standard InChI is InChI=1S/C15H22N2O2S/c1-2-9-20(18,19)14-6-4-3-5-13(14)17-10-15(16,11-17)12-7-8-12/h3-6,12H,2,7-11,16H2,1H3. The number of benzene rings is 1. The Kier molecular flexibility index (Phi) is 3.29. The van der Waals surface area contributed by atoms with Crippen LogP contribution in [-0.4, -0.2) is 32.8 Å². The van der Waals surface area contributed by atoms with E-state index in [0.717, 1.165) is 18.8 Å². The van der Waals surface area contributed by atoms with E-state index in [1.807, 2.05) is 19.1 Å². The second-order valence-electron chi connectivity index (χ2n) is 6.15. The molecule has 1 saturated carbocycles. The molecular formula is C15H22N2O2S. The molecule has 1 aliphatic heterocycles. The lowest BCUT2D eigenvalue weighted by Gasteiger charge is -2.50. The molecule has 1 heterocycles. The van der Waals surface area contributed by atoms with Crippen molar-refractivity contribution in [2.75, 3.05) is 23.7 Å². The van der Waals surface area contributed by atoms with Gasteiger partial charge in [-0.1, -0.05) is 19.1 Å². The van der Waals surface area contributed by atoms with E-state index in [1.165, 1.54) is 12.8 Å². The average Bonchev–Trinajstić information content (AvgIpc) is 3.19. The number of hydrogen-bond donors (Lipinski definition) is 1. The molecule has 5 heteroatoms. The molecule has 110 valence electrons. The normalized spacial score (nSPS) is 21.6. The van der Waals surface area contributed by atoms with Crippen molar-refractivity contribution in [3.63, 3.8) is 0 Å². The molecule has 0 atom stereocenters. The van der Waals surface area contributed by atoms with E-state index in [0.29, 0.717) is 17.2 Å². The van der Waals surface area contributed by atoms with Gasteiger partial charge < -0.3 is 10.6 Å². The second kappa shape index (κ2) is 4.74. The number of nitrogens with zero attached hydrogens (tertiary/aromatic N) is 1. The molecule has 4 nitrogen and oxygen atoms in total. The molecule has 0 spiro atoms. The maximum absolute atomic E-state index is 12.3. The summed E-state index contributed by atoms with van der Waals surface area (Å²) in [6.45, 7) is 3.44. The van der Waals surface area contributed by atoms with Crippen molar-refractivity contribution in [1.29, 1.82) is 0 Å². The Hall–Kier alpha value is -1.07. The quantitative estimate of drug-likeness (QED) is 0.899. The van der Waals surface area contributed by atoms with Gasteiger partial charge in [0.2, 0.25) is 0 Å². The van der Waals surface area contributed by atoms with Crippen molar-refractivity contribution in [2.24, 2.45) is 11.7 Å². The first-order valence-corrected chi connectivity index (χ1v) is 8.97. The van der Waals surface area contributed by atoms with Gasteiger partial charge in [-0.05, 0) is 37.3 Å². The molecule has 0 amide bonds. The molecule has 0 radical (unpaired) electrons. The SMILES string of the molecule is CCCS(=O)(=O)c1ccccc1N1CC(N)(C2CC2)C1. The Bertz CT molecular complexity index is 602. The molecule has 1 aliphatic carbocycles. The molecule has 1 saturated heterocycles. The Morgan fingerprint density at radius 3 is 2.55 bits per heavy atom. The summed E-state index contributed by atoms with van der Waals surface area (Å²) in [6, 6.07) is 7.30. The smallest absolute Gasteiger partial charge is 0.180 e. The van der Waals surface area contributed by atoms with Crippen LogP contribution in [0.3, 0.4) is 0 Å². The fourth-order valence-corrected chi connectivity index (χ4v) is 4.67. The van der Waals surface area contributed by atoms with Crippen LogP contribution in [-0.2, 0) is 9.84 Å². The zero-order valence-corrected chi connectivity index (χ0v) is 12.7.